The molecule has 1 aromatic rings. The molecule has 1 aliphatic rings. The van der Waals surface area contributed by atoms with Crippen LogP contribution >= 0.6 is 15.9 Å². The summed E-state index contributed by atoms with van der Waals surface area (Å²) < 4.78 is 37.9. The fraction of sp³-hybridized carbons (Fsp3) is 0.571. The van der Waals surface area contributed by atoms with Gasteiger partial charge < -0.3 is 14.6 Å². The first-order valence-corrected chi connectivity index (χ1v) is 9.11. The maximum Gasteiger partial charge on any atom is 0.244 e. The van der Waals surface area contributed by atoms with E-state index in [-0.39, 0.29) is 23.3 Å². The van der Waals surface area contributed by atoms with Gasteiger partial charge in [-0.05, 0) is 33.8 Å². The van der Waals surface area contributed by atoms with Gasteiger partial charge in [-0.25, -0.2) is 8.42 Å². The van der Waals surface area contributed by atoms with E-state index >= 15 is 0 Å². The van der Waals surface area contributed by atoms with Crippen LogP contribution in [0.5, 0.6) is 11.5 Å². The van der Waals surface area contributed by atoms with E-state index in [1.807, 2.05) is 6.92 Å². The maximum atomic E-state index is 12.8. The fourth-order valence-electron chi connectivity index (χ4n) is 2.59. The van der Waals surface area contributed by atoms with E-state index in [0.29, 0.717) is 29.1 Å². The zero-order valence-corrected chi connectivity index (χ0v) is 15.1. The van der Waals surface area contributed by atoms with Crippen LogP contribution in [0.2, 0.25) is 0 Å². The molecule has 0 aliphatic carbocycles. The number of aliphatic hydroxyl groups is 1. The molecule has 6 nitrogen and oxygen atoms in total. The van der Waals surface area contributed by atoms with Crippen LogP contribution in [0.3, 0.4) is 0 Å². The maximum absolute atomic E-state index is 12.8. The lowest BCUT2D eigenvalue weighted by Crippen LogP contribution is -2.29. The second-order valence-corrected chi connectivity index (χ2v) is 8.14. The van der Waals surface area contributed by atoms with Gasteiger partial charge in [-0.1, -0.05) is 6.92 Å². The standard InChI is InChI=1S/C14H20BrNO5S/c1-9-6-16(7-10(9)8-17)22(18,19)14-5-13(21-3)12(20-2)4-11(14)15/h4-5,9-10,17H,6-8H2,1-3H3/t9-,10+/m1/s1. The SMILES string of the molecule is COc1cc(Br)c(S(=O)(=O)N2C[C@@H](CO)[C@H](C)C2)cc1OC. The average molecular weight is 394 g/mol. The van der Waals surface area contributed by atoms with E-state index < -0.39 is 10.0 Å². The van der Waals surface area contributed by atoms with Crippen molar-refractivity contribution in [2.75, 3.05) is 33.9 Å². The van der Waals surface area contributed by atoms with Gasteiger partial charge in [0.2, 0.25) is 10.0 Å². The zero-order valence-electron chi connectivity index (χ0n) is 12.7. The molecule has 8 heteroatoms. The van der Waals surface area contributed by atoms with E-state index in [1.165, 1.54) is 24.6 Å². The molecule has 0 spiro atoms. The monoisotopic (exact) mass is 393 g/mol. The highest BCUT2D eigenvalue weighted by atomic mass is 79.9. The molecule has 1 heterocycles. The van der Waals surface area contributed by atoms with Crippen molar-refractivity contribution >= 4 is 26.0 Å². The van der Waals surface area contributed by atoms with Gasteiger partial charge in [-0.15, -0.1) is 0 Å². The molecule has 2 atom stereocenters. The highest BCUT2D eigenvalue weighted by Crippen LogP contribution is 2.38. The Labute approximate surface area is 139 Å². The van der Waals surface area contributed by atoms with Gasteiger partial charge >= 0.3 is 0 Å². The molecule has 0 unspecified atom stereocenters. The highest BCUT2D eigenvalue weighted by Gasteiger charge is 2.38. The number of methoxy groups -OCH3 is 2. The Balaban J connectivity index is 2.42. The molecule has 2 rings (SSSR count). The first-order valence-electron chi connectivity index (χ1n) is 6.87. The number of halogens is 1. The predicted octanol–water partition coefficient (Wildman–Crippen LogP) is 1.72. The fourth-order valence-corrected chi connectivity index (χ4v) is 5.19. The summed E-state index contributed by atoms with van der Waals surface area (Å²) in [5.74, 6) is 0.902. The van der Waals surface area contributed by atoms with E-state index in [1.54, 1.807) is 6.07 Å². The molecule has 1 saturated heterocycles. The third-order valence-corrected chi connectivity index (χ3v) is 6.81. The number of benzene rings is 1. The van der Waals surface area contributed by atoms with E-state index in [0.717, 1.165) is 0 Å². The molecule has 0 saturated carbocycles. The second-order valence-electron chi connectivity index (χ2n) is 5.38. The van der Waals surface area contributed by atoms with Gasteiger partial charge in [0.1, 0.15) is 4.90 Å². The van der Waals surface area contributed by atoms with Crippen LogP contribution in [0, 0.1) is 11.8 Å². The molecule has 0 aromatic heterocycles. The molecule has 124 valence electrons. The summed E-state index contributed by atoms with van der Waals surface area (Å²) in [5.41, 5.74) is 0. The lowest BCUT2D eigenvalue weighted by atomic mass is 10.00. The van der Waals surface area contributed by atoms with E-state index in [2.05, 4.69) is 15.9 Å². The summed E-state index contributed by atoms with van der Waals surface area (Å²) in [4.78, 5) is 0.135. The van der Waals surface area contributed by atoms with Gasteiger partial charge in [-0.2, -0.15) is 4.31 Å². The van der Waals surface area contributed by atoms with Gasteiger partial charge in [0.15, 0.2) is 11.5 Å². The minimum Gasteiger partial charge on any atom is -0.493 e. The normalized spacial score (nSPS) is 22.8. The van der Waals surface area contributed by atoms with E-state index in [9.17, 15) is 13.5 Å². The Kier molecular flexibility index (Phi) is 5.37. The minimum atomic E-state index is -3.66. The smallest absolute Gasteiger partial charge is 0.244 e. The lowest BCUT2D eigenvalue weighted by molar-refractivity contribution is 0.210. The second kappa shape index (κ2) is 6.74. The Morgan fingerprint density at radius 2 is 1.86 bits per heavy atom. The Hall–Kier alpha value is -0.830. The first kappa shape index (κ1) is 17.5. The molecule has 22 heavy (non-hydrogen) atoms. The number of aliphatic hydroxyl groups excluding tert-OH is 1. The van der Waals surface area contributed by atoms with Crippen LogP contribution in [0.4, 0.5) is 0 Å². The Bertz CT molecular complexity index is 649. The minimum absolute atomic E-state index is 0.0136. The van der Waals surface area contributed by atoms with Crippen molar-refractivity contribution in [1.82, 2.24) is 4.31 Å². The number of ether oxygens (including phenoxy) is 2. The van der Waals surface area contributed by atoms with Crippen molar-refractivity contribution in [3.05, 3.63) is 16.6 Å². The summed E-state index contributed by atoms with van der Waals surface area (Å²) >= 11 is 3.29. The molecular formula is C14H20BrNO5S. The van der Waals surface area contributed by atoms with Crippen LogP contribution in [0.15, 0.2) is 21.5 Å². The number of nitrogens with zero attached hydrogens (tertiary/aromatic N) is 1. The van der Waals surface area contributed by atoms with Crippen LogP contribution in [0.25, 0.3) is 0 Å². The van der Waals surface area contributed by atoms with Crippen molar-refractivity contribution in [3.63, 3.8) is 0 Å². The molecular weight excluding hydrogens is 374 g/mol. The van der Waals surface area contributed by atoms with Crippen LogP contribution in [0.1, 0.15) is 6.92 Å². The summed E-state index contributed by atoms with van der Waals surface area (Å²) in [7, 11) is -0.710. The molecule has 0 bridgehead atoms. The quantitative estimate of drug-likeness (QED) is 0.823. The van der Waals surface area contributed by atoms with Gasteiger partial charge in [0.25, 0.3) is 0 Å². The first-order chi connectivity index (χ1) is 10.3. The van der Waals surface area contributed by atoms with Crippen molar-refractivity contribution in [1.29, 1.82) is 0 Å². The number of sulfonamides is 1. The number of hydrogen-bond donors (Lipinski definition) is 1. The summed E-state index contributed by atoms with van der Waals surface area (Å²) in [6, 6.07) is 3.03. The summed E-state index contributed by atoms with van der Waals surface area (Å²) in [5, 5.41) is 9.33. The van der Waals surface area contributed by atoms with Crippen LogP contribution in [-0.4, -0.2) is 51.7 Å². The topological polar surface area (TPSA) is 76.1 Å². The van der Waals surface area contributed by atoms with Crippen molar-refractivity contribution in [3.8, 4) is 11.5 Å². The van der Waals surface area contributed by atoms with Crippen LogP contribution < -0.4 is 9.47 Å². The summed E-state index contributed by atoms with van der Waals surface area (Å²) in [6.07, 6.45) is 0. The molecule has 0 radical (unpaired) electrons. The van der Waals surface area contributed by atoms with Gasteiger partial charge in [0, 0.05) is 30.2 Å². The van der Waals surface area contributed by atoms with Gasteiger partial charge in [0.05, 0.1) is 14.2 Å². The van der Waals surface area contributed by atoms with Crippen LogP contribution in [-0.2, 0) is 10.0 Å². The van der Waals surface area contributed by atoms with Crippen molar-refractivity contribution < 1.29 is 23.0 Å². The van der Waals surface area contributed by atoms with Gasteiger partial charge in [-0.3, -0.25) is 0 Å². The lowest BCUT2D eigenvalue weighted by Gasteiger charge is -2.19. The third kappa shape index (κ3) is 3.10. The number of hydrogen-bond acceptors (Lipinski definition) is 5. The highest BCUT2D eigenvalue weighted by molar-refractivity contribution is 9.10. The zero-order chi connectivity index (χ0) is 16.5. The molecule has 1 aromatic carbocycles. The predicted molar refractivity (Wildman–Crippen MR) is 85.7 cm³/mol. The largest absolute Gasteiger partial charge is 0.493 e. The summed E-state index contributed by atoms with van der Waals surface area (Å²) in [6.45, 7) is 2.65. The molecule has 1 fully saturated rings. The molecule has 1 N–H and O–H groups in total. The number of rotatable bonds is 5. The third-order valence-electron chi connectivity index (χ3n) is 4.02. The molecule has 1 aliphatic heterocycles. The Morgan fingerprint density at radius 1 is 1.27 bits per heavy atom. The van der Waals surface area contributed by atoms with Crippen molar-refractivity contribution in [2.24, 2.45) is 11.8 Å². The average Bonchev–Trinajstić information content (AvgIpc) is 2.88. The van der Waals surface area contributed by atoms with Crippen molar-refractivity contribution in [2.45, 2.75) is 11.8 Å². The molecule has 0 amide bonds. The van der Waals surface area contributed by atoms with E-state index in [4.69, 9.17) is 9.47 Å². The Morgan fingerprint density at radius 3 is 2.36 bits per heavy atom.